The van der Waals surface area contributed by atoms with Crippen LogP contribution < -0.4 is 10.9 Å². The second-order valence-electron chi connectivity index (χ2n) is 7.25. The molecule has 3 aromatic carbocycles. The average Bonchev–Trinajstić information content (AvgIpc) is 2.80. The first-order chi connectivity index (χ1) is 15.6. The molecule has 0 aliphatic carbocycles. The summed E-state index contributed by atoms with van der Waals surface area (Å²) in [5.41, 5.74) is 10.9. The number of hydrogen-bond acceptors (Lipinski definition) is 4. The Morgan fingerprint density at radius 2 is 1.28 bits per heavy atom. The summed E-state index contributed by atoms with van der Waals surface area (Å²) in [6.45, 7) is 3.91. The third-order valence-corrected chi connectivity index (χ3v) is 4.41. The first-order valence-electron chi connectivity index (χ1n) is 10.3. The molecular weight excluding hydrogens is 396 g/mol. The summed E-state index contributed by atoms with van der Waals surface area (Å²) in [6, 6.07) is 27.1. The van der Waals surface area contributed by atoms with Gasteiger partial charge in [0.25, 0.3) is 5.91 Å². The minimum Gasteiger partial charge on any atom is -0.278 e. The van der Waals surface area contributed by atoms with Crippen LogP contribution in [0.15, 0.2) is 106 Å². The Kier molecular flexibility index (Phi) is 8.28. The lowest BCUT2D eigenvalue weighted by Gasteiger charge is -2.04. The highest BCUT2D eigenvalue weighted by Crippen LogP contribution is 2.11. The average molecular weight is 423 g/mol. The minimum atomic E-state index is -0.290. The number of allylic oxidation sites excluding steroid dienone is 2. The van der Waals surface area contributed by atoms with Crippen molar-refractivity contribution in [2.75, 3.05) is 5.43 Å². The van der Waals surface area contributed by atoms with Gasteiger partial charge in [0.05, 0.1) is 18.1 Å². The number of hydrogen-bond donors (Lipinski definition) is 2. The standard InChI is InChI=1S/C27H26N4O/c1-21(16-23-10-5-3-6-11-23)19-28-30-26-15-9-14-25(18-26)27(32)31-29-20-22(2)17-24-12-7-4-8-13-24/h3-20,30H,1-2H3,(H,31,32)/b21-16+,22-17-,28-19+,29-20+. The van der Waals surface area contributed by atoms with Crippen molar-refractivity contribution in [3.8, 4) is 0 Å². The zero-order chi connectivity index (χ0) is 22.6. The maximum Gasteiger partial charge on any atom is 0.271 e. The number of nitrogens with one attached hydrogen (secondary N) is 2. The molecule has 0 unspecified atom stereocenters. The van der Waals surface area contributed by atoms with E-state index in [4.69, 9.17) is 0 Å². The number of carbonyl (C=O) groups is 1. The van der Waals surface area contributed by atoms with Crippen LogP contribution in [-0.4, -0.2) is 18.3 Å². The molecular formula is C27H26N4O. The van der Waals surface area contributed by atoms with Gasteiger partial charge in [0.1, 0.15) is 0 Å². The van der Waals surface area contributed by atoms with Gasteiger partial charge in [-0.2, -0.15) is 10.2 Å². The number of carbonyl (C=O) groups excluding carboxylic acids is 1. The van der Waals surface area contributed by atoms with Crippen molar-refractivity contribution in [1.29, 1.82) is 0 Å². The maximum atomic E-state index is 12.4. The minimum absolute atomic E-state index is 0.290. The van der Waals surface area contributed by atoms with Gasteiger partial charge < -0.3 is 0 Å². The van der Waals surface area contributed by atoms with E-state index in [1.54, 1.807) is 30.6 Å². The van der Waals surface area contributed by atoms with Crippen molar-refractivity contribution in [2.45, 2.75) is 13.8 Å². The summed E-state index contributed by atoms with van der Waals surface area (Å²) >= 11 is 0. The lowest BCUT2D eigenvalue weighted by molar-refractivity contribution is 0.0955. The van der Waals surface area contributed by atoms with Crippen LogP contribution in [0.2, 0.25) is 0 Å². The van der Waals surface area contributed by atoms with Gasteiger partial charge in [-0.3, -0.25) is 10.2 Å². The van der Waals surface area contributed by atoms with E-state index < -0.39 is 0 Å². The van der Waals surface area contributed by atoms with Crippen molar-refractivity contribution >= 4 is 36.2 Å². The molecule has 5 heteroatoms. The Balaban J connectivity index is 1.55. The highest BCUT2D eigenvalue weighted by atomic mass is 16.2. The van der Waals surface area contributed by atoms with Crippen LogP contribution in [0, 0.1) is 0 Å². The first-order valence-corrected chi connectivity index (χ1v) is 10.3. The Hall–Kier alpha value is -4.25. The number of anilines is 1. The van der Waals surface area contributed by atoms with Gasteiger partial charge in [0.2, 0.25) is 0 Å². The predicted octanol–water partition coefficient (Wildman–Crippen LogP) is 6.01. The fourth-order valence-electron chi connectivity index (χ4n) is 2.89. The second-order valence-corrected chi connectivity index (χ2v) is 7.25. The summed E-state index contributed by atoms with van der Waals surface area (Å²) in [7, 11) is 0. The molecule has 0 radical (unpaired) electrons. The molecule has 0 heterocycles. The lowest BCUT2D eigenvalue weighted by atomic mass is 10.1. The number of hydrazone groups is 2. The molecule has 0 fully saturated rings. The predicted molar refractivity (Wildman–Crippen MR) is 135 cm³/mol. The van der Waals surface area contributed by atoms with Crippen LogP contribution in [0.4, 0.5) is 5.69 Å². The van der Waals surface area contributed by atoms with Crippen molar-refractivity contribution in [2.24, 2.45) is 10.2 Å². The van der Waals surface area contributed by atoms with E-state index in [-0.39, 0.29) is 5.91 Å². The fraction of sp³-hybridized carbons (Fsp3) is 0.0741. The monoisotopic (exact) mass is 422 g/mol. The Labute approximate surface area is 188 Å². The van der Waals surface area contributed by atoms with Crippen molar-refractivity contribution in [1.82, 2.24) is 5.43 Å². The van der Waals surface area contributed by atoms with E-state index in [2.05, 4.69) is 21.1 Å². The van der Waals surface area contributed by atoms with E-state index in [1.165, 1.54) is 0 Å². The molecule has 0 atom stereocenters. The lowest BCUT2D eigenvalue weighted by Crippen LogP contribution is -2.17. The molecule has 0 aliphatic heterocycles. The summed E-state index contributed by atoms with van der Waals surface area (Å²) in [4.78, 5) is 12.4. The van der Waals surface area contributed by atoms with Crippen molar-refractivity contribution < 1.29 is 4.79 Å². The summed E-state index contributed by atoms with van der Waals surface area (Å²) < 4.78 is 0. The molecule has 0 aliphatic rings. The topological polar surface area (TPSA) is 65.8 Å². The zero-order valence-corrected chi connectivity index (χ0v) is 18.2. The second kappa shape index (κ2) is 11.8. The normalized spacial score (nSPS) is 12.3. The van der Waals surface area contributed by atoms with Crippen molar-refractivity contribution in [3.05, 3.63) is 113 Å². The molecule has 3 aromatic rings. The third kappa shape index (κ3) is 7.54. The molecule has 0 spiro atoms. The summed E-state index contributed by atoms with van der Waals surface area (Å²) in [5, 5.41) is 8.30. The first kappa shape index (κ1) is 22.4. The van der Waals surface area contributed by atoms with Gasteiger partial charge in [-0.1, -0.05) is 78.9 Å². The number of benzene rings is 3. The Morgan fingerprint density at radius 1 is 0.719 bits per heavy atom. The zero-order valence-electron chi connectivity index (χ0n) is 18.2. The molecule has 0 saturated carbocycles. The molecule has 32 heavy (non-hydrogen) atoms. The highest BCUT2D eigenvalue weighted by molar-refractivity contribution is 5.96. The molecule has 3 rings (SSSR count). The van der Waals surface area contributed by atoms with Gasteiger partial charge in [0.15, 0.2) is 0 Å². The van der Waals surface area contributed by atoms with Crippen LogP contribution in [0.1, 0.15) is 35.3 Å². The smallest absolute Gasteiger partial charge is 0.271 e. The third-order valence-electron chi connectivity index (χ3n) is 4.41. The van der Waals surface area contributed by atoms with E-state index in [0.29, 0.717) is 11.3 Å². The van der Waals surface area contributed by atoms with Crippen LogP contribution >= 0.6 is 0 Å². The SMILES string of the molecule is CC(=C/c1ccccc1)/C=N/NC(=O)c1cccc(N/N=C/C(C)=C/c2ccccc2)c1. The van der Waals surface area contributed by atoms with Crippen LogP contribution in [0.3, 0.4) is 0 Å². The van der Waals surface area contributed by atoms with Gasteiger partial charge in [0, 0.05) is 5.56 Å². The van der Waals surface area contributed by atoms with E-state index >= 15 is 0 Å². The molecule has 0 aromatic heterocycles. The quantitative estimate of drug-likeness (QED) is 0.345. The number of nitrogens with zero attached hydrogens (tertiary/aromatic N) is 2. The van der Waals surface area contributed by atoms with Gasteiger partial charge >= 0.3 is 0 Å². The van der Waals surface area contributed by atoms with Gasteiger partial charge in [-0.25, -0.2) is 5.43 Å². The fourth-order valence-corrected chi connectivity index (χ4v) is 2.89. The maximum absolute atomic E-state index is 12.4. The van der Waals surface area contributed by atoms with Crippen LogP contribution in [-0.2, 0) is 0 Å². The molecule has 160 valence electrons. The molecule has 1 amide bonds. The molecule has 0 bridgehead atoms. The Bertz CT molecular complexity index is 1150. The van der Waals surface area contributed by atoms with Gasteiger partial charge in [-0.05, 0) is 54.3 Å². The molecule has 5 nitrogen and oxygen atoms in total. The van der Waals surface area contributed by atoms with Gasteiger partial charge in [-0.15, -0.1) is 0 Å². The molecule has 2 N–H and O–H groups in total. The highest BCUT2D eigenvalue weighted by Gasteiger charge is 2.04. The molecule has 0 saturated heterocycles. The van der Waals surface area contributed by atoms with E-state index in [9.17, 15) is 4.79 Å². The number of amides is 1. The number of rotatable bonds is 8. The Morgan fingerprint density at radius 3 is 1.88 bits per heavy atom. The van der Waals surface area contributed by atoms with E-state index in [1.807, 2.05) is 92.7 Å². The van der Waals surface area contributed by atoms with Crippen LogP contribution in [0.5, 0.6) is 0 Å². The summed E-state index contributed by atoms with van der Waals surface area (Å²) in [5.74, 6) is -0.290. The van der Waals surface area contributed by atoms with Crippen molar-refractivity contribution in [3.63, 3.8) is 0 Å². The summed E-state index contributed by atoms with van der Waals surface area (Å²) in [6.07, 6.45) is 7.40. The van der Waals surface area contributed by atoms with Crippen LogP contribution in [0.25, 0.3) is 12.2 Å². The van der Waals surface area contributed by atoms with E-state index in [0.717, 1.165) is 22.3 Å². The largest absolute Gasteiger partial charge is 0.278 e.